The van der Waals surface area contributed by atoms with Crippen LogP contribution >= 0.6 is 58.0 Å². The lowest BCUT2D eigenvalue weighted by Crippen LogP contribution is -2.47. The van der Waals surface area contributed by atoms with Gasteiger partial charge in [0.25, 0.3) is 0 Å². The molecule has 0 amide bonds. The van der Waals surface area contributed by atoms with Crippen molar-refractivity contribution in [3.05, 3.63) is 82.4 Å². The fourth-order valence-electron chi connectivity index (χ4n) is 5.10. The molecule has 8 bridgehead atoms. The number of likely N-dealkylation sites (N-methyl/N-ethyl adjacent to an activating group) is 1. The molecular formula is C26H22Cl5N5. The number of rotatable bonds is 1. The lowest BCUT2D eigenvalue weighted by atomic mass is 9.89. The van der Waals surface area contributed by atoms with E-state index in [9.17, 15) is 0 Å². The van der Waals surface area contributed by atoms with E-state index >= 15 is 0 Å². The predicted molar refractivity (Wildman–Crippen MR) is 151 cm³/mol. The Morgan fingerprint density at radius 1 is 1.00 bits per heavy atom. The number of aromatic amines is 2. The summed E-state index contributed by atoms with van der Waals surface area (Å²) in [6.07, 6.45) is 13.9. The second-order valence-corrected chi connectivity index (χ2v) is 12.1. The first kappa shape index (κ1) is 24.4. The molecule has 36 heavy (non-hydrogen) atoms. The first-order valence-electron chi connectivity index (χ1n) is 11.5. The number of aromatic nitrogens is 2. The summed E-state index contributed by atoms with van der Waals surface area (Å²) in [5, 5.41) is 0.437. The van der Waals surface area contributed by atoms with Crippen LogP contribution in [0.1, 0.15) is 17.8 Å². The van der Waals surface area contributed by atoms with Gasteiger partial charge >= 0.3 is 0 Å². The van der Waals surface area contributed by atoms with E-state index < -0.39 is 25.6 Å². The molecule has 0 fully saturated rings. The molecule has 2 N–H and O–H groups in total. The van der Waals surface area contributed by atoms with Gasteiger partial charge in [-0.3, -0.25) is 9.98 Å². The summed E-state index contributed by atoms with van der Waals surface area (Å²) < 4.78 is 0. The Hall–Kier alpha value is -1.89. The molecule has 0 saturated heterocycles. The zero-order valence-electron chi connectivity index (χ0n) is 19.2. The molecule has 0 spiro atoms. The molecule has 2 aromatic rings. The number of aliphatic imine (C=N–C) groups is 2. The van der Waals surface area contributed by atoms with Crippen molar-refractivity contribution < 1.29 is 0 Å². The average Bonchev–Trinajstić information content (AvgIpc) is 3.63. The largest absolute Gasteiger partial charge is 0.372 e. The fourth-order valence-corrected chi connectivity index (χ4v) is 6.90. The number of nitrogens with one attached hydrogen (secondary N) is 2. The monoisotopic (exact) mass is 579 g/mol. The number of nitrogens with zero attached hydrogens (tertiary/aromatic N) is 3. The maximum absolute atomic E-state index is 7.58. The minimum Gasteiger partial charge on any atom is -0.372 e. The summed E-state index contributed by atoms with van der Waals surface area (Å²) in [6, 6.07) is 7.88. The van der Waals surface area contributed by atoms with Crippen molar-refractivity contribution in [1.29, 1.82) is 0 Å². The van der Waals surface area contributed by atoms with E-state index in [4.69, 9.17) is 68.0 Å². The predicted octanol–water partition coefficient (Wildman–Crippen LogP) is 4.73. The molecule has 4 aliphatic heterocycles. The molecule has 0 aromatic carbocycles. The van der Waals surface area contributed by atoms with Crippen LogP contribution in [0.3, 0.4) is 0 Å². The number of alkyl halides is 5. The number of allylic oxidation sites excluding steroid dienone is 3. The van der Waals surface area contributed by atoms with Gasteiger partial charge in [0.05, 0.1) is 11.1 Å². The highest BCUT2D eigenvalue weighted by Gasteiger charge is 2.57. The quantitative estimate of drug-likeness (QED) is 0.372. The van der Waals surface area contributed by atoms with Crippen LogP contribution in [-0.2, 0) is 4.87 Å². The lowest BCUT2D eigenvalue weighted by Gasteiger charge is -2.42. The van der Waals surface area contributed by atoms with Crippen molar-refractivity contribution in [2.75, 3.05) is 13.6 Å². The smallest absolute Gasteiger partial charge is 0.182 e. The molecule has 5 atom stereocenters. The minimum atomic E-state index is -1.40. The third-order valence-corrected chi connectivity index (χ3v) is 10.1. The van der Waals surface area contributed by atoms with E-state index in [1.165, 1.54) is 0 Å². The van der Waals surface area contributed by atoms with Crippen molar-refractivity contribution in [3.8, 4) is 0 Å². The van der Waals surface area contributed by atoms with E-state index in [0.717, 1.165) is 27.8 Å². The molecule has 0 aliphatic carbocycles. The van der Waals surface area contributed by atoms with Crippen LogP contribution in [-0.4, -0.2) is 60.6 Å². The summed E-state index contributed by atoms with van der Waals surface area (Å²) in [5.41, 5.74) is 3.59. The van der Waals surface area contributed by atoms with Crippen LogP contribution in [0.15, 0.2) is 70.3 Å². The second kappa shape index (κ2) is 8.57. The van der Waals surface area contributed by atoms with E-state index in [1.54, 1.807) is 12.2 Å². The van der Waals surface area contributed by atoms with Gasteiger partial charge in [-0.05, 0) is 54.6 Å². The van der Waals surface area contributed by atoms with Crippen molar-refractivity contribution in [2.45, 2.75) is 32.0 Å². The van der Waals surface area contributed by atoms with E-state index in [1.807, 2.05) is 55.6 Å². The molecule has 5 unspecified atom stereocenters. The molecule has 6 heterocycles. The van der Waals surface area contributed by atoms with Crippen LogP contribution < -0.4 is 10.7 Å². The van der Waals surface area contributed by atoms with Gasteiger partial charge in [-0.15, -0.1) is 34.8 Å². The Morgan fingerprint density at radius 3 is 2.56 bits per heavy atom. The van der Waals surface area contributed by atoms with Gasteiger partial charge in [0, 0.05) is 53.5 Å². The first-order valence-corrected chi connectivity index (χ1v) is 13.5. The van der Waals surface area contributed by atoms with E-state index in [0.29, 0.717) is 24.4 Å². The Balaban J connectivity index is 1.61. The van der Waals surface area contributed by atoms with Crippen molar-refractivity contribution >= 4 is 81.6 Å². The number of hydrogen-bond donors (Lipinski definition) is 2. The Bertz CT molecular complexity index is 1510. The van der Waals surface area contributed by atoms with Crippen LogP contribution in [0.2, 0.25) is 0 Å². The number of hydrogen-bond acceptors (Lipinski definition) is 3. The summed E-state index contributed by atoms with van der Waals surface area (Å²) in [4.78, 5) is 14.6. The minimum absolute atomic E-state index is 0.471. The maximum Gasteiger partial charge on any atom is 0.182 e. The van der Waals surface area contributed by atoms with E-state index in [-0.39, 0.29) is 0 Å². The Morgan fingerprint density at radius 2 is 1.78 bits per heavy atom. The summed E-state index contributed by atoms with van der Waals surface area (Å²) in [6.45, 7) is 0.684. The average molecular weight is 582 g/mol. The van der Waals surface area contributed by atoms with Gasteiger partial charge in [-0.2, -0.15) is 0 Å². The van der Waals surface area contributed by atoms with Gasteiger partial charge in [0.15, 0.2) is 14.9 Å². The van der Waals surface area contributed by atoms with Crippen molar-refractivity contribution in [3.63, 3.8) is 0 Å². The lowest BCUT2D eigenvalue weighted by molar-refractivity contribution is 0.372. The maximum atomic E-state index is 7.58. The third kappa shape index (κ3) is 3.66. The number of halogens is 5. The van der Waals surface area contributed by atoms with Crippen LogP contribution in [0.25, 0.3) is 12.2 Å². The molecule has 186 valence electrons. The van der Waals surface area contributed by atoms with Gasteiger partial charge < -0.3 is 14.9 Å². The second-order valence-electron chi connectivity index (χ2n) is 9.41. The molecule has 5 nitrogen and oxygen atoms in total. The highest BCUT2D eigenvalue weighted by molar-refractivity contribution is 6.47. The summed E-state index contributed by atoms with van der Waals surface area (Å²) in [7, 11) is 1.97. The van der Waals surface area contributed by atoms with Crippen LogP contribution in [0.4, 0.5) is 0 Å². The normalized spacial score (nSPS) is 35.2. The van der Waals surface area contributed by atoms with Crippen molar-refractivity contribution in [2.24, 2.45) is 9.98 Å². The summed E-state index contributed by atoms with van der Waals surface area (Å²) >= 11 is 35.6. The van der Waals surface area contributed by atoms with Crippen molar-refractivity contribution in [1.82, 2.24) is 14.9 Å². The topological polar surface area (TPSA) is 59.5 Å². The SMILES string of the molecule is CN1CC=CC=C1C1(Cl)c2ccc([nH]2)C=c2ccc([nH]2)=CC2=NC(Cl)(C(Cl)C2)C(Cl)C2=NC1(Cl)C=C2. The molecule has 2 aromatic heterocycles. The summed E-state index contributed by atoms with van der Waals surface area (Å²) in [5.74, 6) is 0. The molecule has 6 rings (SSSR count). The highest BCUT2D eigenvalue weighted by atomic mass is 35.5. The van der Waals surface area contributed by atoms with Crippen LogP contribution in [0, 0.1) is 0 Å². The molecule has 4 aliphatic rings. The molecule has 0 saturated carbocycles. The standard InChI is InChI=1S/C26H22Cl5N5/c1-36-11-3-2-4-22(36)25(30)21-8-7-17(33-21)12-15-5-6-16(32-15)13-18-14-20(27)26(31,34-18)23(28)19-9-10-24(25,29)35-19/h2-10,12-13,20,23,32-33H,11,14H2,1H3. The Labute approximate surface area is 233 Å². The first-order chi connectivity index (χ1) is 17.1. The van der Waals surface area contributed by atoms with Gasteiger partial charge in [0.1, 0.15) is 5.38 Å². The van der Waals surface area contributed by atoms with E-state index in [2.05, 4.69) is 20.9 Å². The molecule has 10 heteroatoms. The van der Waals surface area contributed by atoms with Gasteiger partial charge in [-0.25, -0.2) is 0 Å². The third-order valence-electron chi connectivity index (χ3n) is 6.99. The molecular weight excluding hydrogens is 560 g/mol. The zero-order chi connectivity index (χ0) is 25.3. The number of H-pyrrole nitrogens is 2. The fraction of sp³-hybridized carbons (Fsp3) is 0.308. The highest BCUT2D eigenvalue weighted by Crippen LogP contribution is 2.54. The Kier molecular flexibility index (Phi) is 5.82. The van der Waals surface area contributed by atoms with Gasteiger partial charge in [0.2, 0.25) is 0 Å². The molecule has 0 radical (unpaired) electrons. The van der Waals surface area contributed by atoms with Gasteiger partial charge in [-0.1, -0.05) is 35.4 Å². The number of fused-ring (bicyclic) bond motifs is 6. The van der Waals surface area contributed by atoms with Crippen LogP contribution in [0.5, 0.6) is 0 Å². The zero-order valence-corrected chi connectivity index (χ0v) is 22.9.